The Morgan fingerprint density at radius 3 is 2.79 bits per heavy atom. The van der Waals surface area contributed by atoms with Crippen molar-refractivity contribution in [2.45, 2.75) is 6.92 Å². The van der Waals surface area contributed by atoms with E-state index < -0.39 is 0 Å². The number of benzene rings is 1. The lowest BCUT2D eigenvalue weighted by Crippen LogP contribution is -1.89. The molecule has 1 heterocycles. The van der Waals surface area contributed by atoms with Gasteiger partial charge in [-0.25, -0.2) is 4.39 Å². The van der Waals surface area contributed by atoms with E-state index in [0.717, 1.165) is 14.8 Å². The van der Waals surface area contributed by atoms with Gasteiger partial charge in [-0.3, -0.25) is 4.98 Å². The zero-order valence-corrected chi connectivity index (χ0v) is 10.2. The van der Waals surface area contributed by atoms with Crippen molar-refractivity contribution in [3.8, 4) is 0 Å². The summed E-state index contributed by atoms with van der Waals surface area (Å²) in [7, 11) is 0. The first kappa shape index (κ1) is 10.1. The van der Waals surface area contributed by atoms with Gasteiger partial charge < -0.3 is 0 Å². The van der Waals surface area contributed by atoms with Gasteiger partial charge in [0.25, 0.3) is 0 Å². The summed E-state index contributed by atoms with van der Waals surface area (Å²) in [4.78, 5) is 4.32. The maximum atomic E-state index is 13.1. The number of halogens is 3. The Morgan fingerprint density at radius 2 is 2.07 bits per heavy atom. The van der Waals surface area contributed by atoms with E-state index in [1.165, 1.54) is 12.1 Å². The Morgan fingerprint density at radius 1 is 1.36 bits per heavy atom. The summed E-state index contributed by atoms with van der Waals surface area (Å²) in [6, 6.07) is 4.59. The fourth-order valence-corrected chi connectivity index (χ4v) is 2.34. The van der Waals surface area contributed by atoms with Crippen LogP contribution in [0.4, 0.5) is 4.39 Å². The van der Waals surface area contributed by atoms with Gasteiger partial charge in [-0.1, -0.05) is 11.6 Å². The van der Waals surface area contributed by atoms with E-state index in [1.54, 1.807) is 6.07 Å². The molecule has 0 aliphatic heterocycles. The summed E-state index contributed by atoms with van der Waals surface area (Å²) >= 11 is 8.05. The standard InChI is InChI=1S/C10H6ClFIN/c1-5-2-8(11)7-3-6(12)4-9(13)10(7)14-5/h2-4H,1H3. The molecule has 4 heteroatoms. The van der Waals surface area contributed by atoms with Gasteiger partial charge in [0.1, 0.15) is 5.82 Å². The first-order valence-corrected chi connectivity index (χ1v) is 5.45. The minimum atomic E-state index is -0.283. The second kappa shape index (κ2) is 3.62. The van der Waals surface area contributed by atoms with Crippen molar-refractivity contribution in [1.82, 2.24) is 4.98 Å². The molecule has 1 aromatic heterocycles. The van der Waals surface area contributed by atoms with Crippen molar-refractivity contribution in [1.29, 1.82) is 0 Å². The summed E-state index contributed by atoms with van der Waals surface area (Å²) in [6.45, 7) is 1.87. The highest BCUT2D eigenvalue weighted by Gasteiger charge is 2.07. The first-order valence-electron chi connectivity index (χ1n) is 4.00. The molecule has 1 nitrogen and oxygen atoms in total. The van der Waals surface area contributed by atoms with Crippen LogP contribution in [0.25, 0.3) is 10.9 Å². The third-order valence-corrected chi connectivity index (χ3v) is 3.04. The number of hydrogen-bond donors (Lipinski definition) is 0. The predicted molar refractivity (Wildman–Crippen MR) is 64.2 cm³/mol. The molecule has 0 amide bonds. The van der Waals surface area contributed by atoms with Crippen molar-refractivity contribution in [2.24, 2.45) is 0 Å². The van der Waals surface area contributed by atoms with E-state index in [2.05, 4.69) is 27.6 Å². The van der Waals surface area contributed by atoms with E-state index in [4.69, 9.17) is 11.6 Å². The molecule has 0 aliphatic carbocycles. The largest absolute Gasteiger partial charge is 0.252 e. The molecule has 72 valence electrons. The fourth-order valence-electron chi connectivity index (χ4n) is 1.33. The Hall–Kier alpha value is -0.420. The average Bonchev–Trinajstić information content (AvgIpc) is 2.07. The molecule has 0 unspecified atom stereocenters. The predicted octanol–water partition coefficient (Wildman–Crippen LogP) is 3.94. The monoisotopic (exact) mass is 321 g/mol. The number of aryl methyl sites for hydroxylation is 1. The molecule has 0 fully saturated rings. The van der Waals surface area contributed by atoms with Crippen molar-refractivity contribution < 1.29 is 4.39 Å². The quantitative estimate of drug-likeness (QED) is 0.670. The zero-order valence-electron chi connectivity index (χ0n) is 7.31. The highest BCUT2D eigenvalue weighted by atomic mass is 127. The number of fused-ring (bicyclic) bond motifs is 1. The van der Waals surface area contributed by atoms with Crippen LogP contribution in [-0.2, 0) is 0 Å². The molecule has 0 spiro atoms. The van der Waals surface area contributed by atoms with Gasteiger partial charge in [0, 0.05) is 14.7 Å². The third kappa shape index (κ3) is 1.70. The van der Waals surface area contributed by atoms with E-state index in [1.807, 2.05) is 6.92 Å². The van der Waals surface area contributed by atoms with Crippen LogP contribution < -0.4 is 0 Å². The normalized spacial score (nSPS) is 10.9. The van der Waals surface area contributed by atoms with Crippen LogP contribution in [0.2, 0.25) is 5.02 Å². The molecule has 0 saturated heterocycles. The number of aromatic nitrogens is 1. The van der Waals surface area contributed by atoms with Gasteiger partial charge in [-0.15, -0.1) is 0 Å². The molecule has 2 aromatic rings. The molecular formula is C10H6ClFIN. The van der Waals surface area contributed by atoms with Crippen LogP contribution in [0, 0.1) is 16.3 Å². The molecule has 0 atom stereocenters. The highest BCUT2D eigenvalue weighted by molar-refractivity contribution is 14.1. The lowest BCUT2D eigenvalue weighted by atomic mass is 10.2. The van der Waals surface area contributed by atoms with Gasteiger partial charge in [-0.2, -0.15) is 0 Å². The summed E-state index contributed by atoms with van der Waals surface area (Å²) in [5, 5.41) is 1.21. The van der Waals surface area contributed by atoms with E-state index >= 15 is 0 Å². The van der Waals surface area contributed by atoms with Gasteiger partial charge in [0.2, 0.25) is 0 Å². The minimum absolute atomic E-state index is 0.283. The Bertz CT molecular complexity index is 466. The van der Waals surface area contributed by atoms with Crippen LogP contribution in [0.5, 0.6) is 0 Å². The van der Waals surface area contributed by atoms with Crippen LogP contribution in [0.1, 0.15) is 5.69 Å². The molecule has 0 bridgehead atoms. The van der Waals surface area contributed by atoms with Crippen molar-refractivity contribution >= 4 is 45.1 Å². The molecule has 0 saturated carbocycles. The topological polar surface area (TPSA) is 12.9 Å². The van der Waals surface area contributed by atoms with Crippen LogP contribution >= 0.6 is 34.2 Å². The van der Waals surface area contributed by atoms with Crippen molar-refractivity contribution in [3.63, 3.8) is 0 Å². The van der Waals surface area contributed by atoms with Gasteiger partial charge in [0.05, 0.1) is 10.5 Å². The molecule has 0 aliphatic rings. The smallest absolute Gasteiger partial charge is 0.125 e. The summed E-state index contributed by atoms with van der Waals surface area (Å²) < 4.78 is 13.9. The Kier molecular flexibility index (Phi) is 2.62. The summed E-state index contributed by atoms with van der Waals surface area (Å²) in [5.41, 5.74) is 1.60. The summed E-state index contributed by atoms with van der Waals surface area (Å²) in [5.74, 6) is -0.283. The van der Waals surface area contributed by atoms with Gasteiger partial charge >= 0.3 is 0 Å². The maximum absolute atomic E-state index is 13.1. The number of nitrogens with zero attached hydrogens (tertiary/aromatic N) is 1. The van der Waals surface area contributed by atoms with E-state index in [0.29, 0.717) is 10.4 Å². The van der Waals surface area contributed by atoms with E-state index in [9.17, 15) is 4.39 Å². The van der Waals surface area contributed by atoms with Crippen LogP contribution in [0.15, 0.2) is 18.2 Å². The van der Waals surface area contributed by atoms with Gasteiger partial charge in [0.15, 0.2) is 0 Å². The Balaban J connectivity index is 2.94. The van der Waals surface area contributed by atoms with E-state index in [-0.39, 0.29) is 5.82 Å². The number of hydrogen-bond acceptors (Lipinski definition) is 1. The maximum Gasteiger partial charge on any atom is 0.125 e. The summed E-state index contributed by atoms with van der Waals surface area (Å²) in [6.07, 6.45) is 0. The molecule has 1 aromatic carbocycles. The minimum Gasteiger partial charge on any atom is -0.252 e. The molecule has 0 radical (unpaired) electrons. The second-order valence-corrected chi connectivity index (χ2v) is 4.60. The van der Waals surface area contributed by atoms with Crippen molar-refractivity contribution in [3.05, 3.63) is 38.3 Å². The molecule has 2 rings (SSSR count). The molecule has 0 N–H and O–H groups in total. The highest BCUT2D eigenvalue weighted by Crippen LogP contribution is 2.27. The zero-order chi connectivity index (χ0) is 10.3. The SMILES string of the molecule is Cc1cc(Cl)c2cc(F)cc(I)c2n1. The number of rotatable bonds is 0. The lowest BCUT2D eigenvalue weighted by molar-refractivity contribution is 0.628. The van der Waals surface area contributed by atoms with Crippen LogP contribution in [0.3, 0.4) is 0 Å². The third-order valence-electron chi connectivity index (χ3n) is 1.91. The van der Waals surface area contributed by atoms with Gasteiger partial charge in [-0.05, 0) is 47.7 Å². The van der Waals surface area contributed by atoms with Crippen LogP contribution in [-0.4, -0.2) is 4.98 Å². The second-order valence-electron chi connectivity index (χ2n) is 3.03. The molecule has 14 heavy (non-hydrogen) atoms. The fraction of sp³-hybridized carbons (Fsp3) is 0.100. The Labute approximate surface area is 99.4 Å². The first-order chi connectivity index (χ1) is 6.58. The van der Waals surface area contributed by atoms with Crippen molar-refractivity contribution in [2.75, 3.05) is 0 Å². The lowest BCUT2D eigenvalue weighted by Gasteiger charge is -2.04. The number of pyridine rings is 1. The molecular weight excluding hydrogens is 315 g/mol. The average molecular weight is 322 g/mol.